The summed E-state index contributed by atoms with van der Waals surface area (Å²) in [5.41, 5.74) is -1.71. The van der Waals surface area contributed by atoms with Crippen molar-refractivity contribution in [1.29, 1.82) is 0 Å². The highest BCUT2D eigenvalue weighted by atomic mass is 32.2. The Labute approximate surface area is 154 Å². The van der Waals surface area contributed by atoms with E-state index >= 15 is 0 Å². The molecule has 1 N–H and O–H groups in total. The van der Waals surface area contributed by atoms with E-state index in [4.69, 9.17) is 4.74 Å². The first-order valence-corrected chi connectivity index (χ1v) is 8.23. The monoisotopic (exact) mass is 405 g/mol. The first-order valence-electron chi connectivity index (χ1n) is 7.35. The van der Waals surface area contributed by atoms with Crippen LogP contribution in [-0.4, -0.2) is 24.2 Å². The molecule has 2 aromatic carbocycles. The second-order valence-corrected chi connectivity index (χ2v) is 6.07. The molecule has 0 aliphatic heterocycles. The highest BCUT2D eigenvalue weighted by Gasteiger charge is 2.33. The summed E-state index contributed by atoms with van der Waals surface area (Å²) < 4.78 is 68.4. The Morgan fingerprint density at radius 3 is 2.33 bits per heavy atom. The van der Waals surface area contributed by atoms with Crippen molar-refractivity contribution in [2.45, 2.75) is 16.8 Å². The number of nitrogens with one attached hydrogen (secondary N) is 1. The van der Waals surface area contributed by atoms with Crippen LogP contribution >= 0.6 is 11.8 Å². The fraction of sp³-hybridized carbons (Fsp3) is 0.176. The van der Waals surface area contributed by atoms with E-state index in [0.717, 1.165) is 18.2 Å². The second-order valence-electron chi connectivity index (χ2n) is 5.04. The number of esters is 1. The molecule has 0 aliphatic carbocycles. The van der Waals surface area contributed by atoms with E-state index in [-0.39, 0.29) is 22.2 Å². The second kappa shape index (κ2) is 8.85. The minimum Gasteiger partial charge on any atom is -0.452 e. The lowest BCUT2D eigenvalue weighted by atomic mass is 10.1. The molecule has 10 heteroatoms. The molecule has 0 saturated carbocycles. The number of carbonyl (C=O) groups excluding carboxylic acids is 2. The molecule has 144 valence electrons. The number of halogens is 5. The van der Waals surface area contributed by atoms with Gasteiger partial charge in [-0.2, -0.15) is 22.0 Å². The number of para-hydroxylation sites is 1. The van der Waals surface area contributed by atoms with Crippen LogP contribution in [0.15, 0.2) is 53.4 Å². The highest BCUT2D eigenvalue weighted by Crippen LogP contribution is 2.34. The summed E-state index contributed by atoms with van der Waals surface area (Å²) in [5.74, 6) is -4.81. The predicted molar refractivity (Wildman–Crippen MR) is 88.7 cm³/mol. The van der Waals surface area contributed by atoms with Gasteiger partial charge in [0.2, 0.25) is 0 Å². The molecule has 0 radical (unpaired) electrons. The standard InChI is InChI=1S/C17H12F5NO3S/c18-16(19)27-13-8-4-1-5-10(13)15(25)26-9-14(24)23-12-7-3-2-6-11(12)17(20,21)22/h1-8,16H,9H2,(H,23,24). The van der Waals surface area contributed by atoms with E-state index in [1.54, 1.807) is 0 Å². The van der Waals surface area contributed by atoms with Crippen LogP contribution in [-0.2, 0) is 15.7 Å². The van der Waals surface area contributed by atoms with E-state index < -0.39 is 41.7 Å². The van der Waals surface area contributed by atoms with E-state index in [1.807, 2.05) is 5.32 Å². The zero-order valence-corrected chi connectivity index (χ0v) is 14.2. The number of hydrogen-bond acceptors (Lipinski definition) is 4. The van der Waals surface area contributed by atoms with E-state index in [9.17, 15) is 31.5 Å². The topological polar surface area (TPSA) is 55.4 Å². The molecule has 0 fully saturated rings. The molecule has 4 nitrogen and oxygen atoms in total. The lowest BCUT2D eigenvalue weighted by Gasteiger charge is -2.13. The maximum Gasteiger partial charge on any atom is 0.418 e. The van der Waals surface area contributed by atoms with Gasteiger partial charge in [0.25, 0.3) is 11.7 Å². The van der Waals surface area contributed by atoms with Crippen LogP contribution in [0.4, 0.5) is 27.6 Å². The molecule has 0 heterocycles. The molecule has 2 rings (SSSR count). The summed E-state index contributed by atoms with van der Waals surface area (Å²) in [6, 6.07) is 9.70. The number of hydrogen-bond donors (Lipinski definition) is 1. The minimum atomic E-state index is -4.67. The Balaban J connectivity index is 2.02. The number of benzene rings is 2. The smallest absolute Gasteiger partial charge is 0.418 e. The highest BCUT2D eigenvalue weighted by molar-refractivity contribution is 7.99. The first-order chi connectivity index (χ1) is 12.7. The lowest BCUT2D eigenvalue weighted by molar-refractivity contribution is -0.137. The van der Waals surface area contributed by atoms with Crippen LogP contribution in [0.5, 0.6) is 0 Å². The first kappa shape index (κ1) is 20.7. The van der Waals surface area contributed by atoms with E-state index in [2.05, 4.69) is 0 Å². The summed E-state index contributed by atoms with van der Waals surface area (Å²) >= 11 is 0.135. The van der Waals surface area contributed by atoms with Gasteiger partial charge in [-0.1, -0.05) is 36.0 Å². The molecule has 0 saturated heterocycles. The Kier molecular flexibility index (Phi) is 6.78. The number of anilines is 1. The zero-order chi connectivity index (χ0) is 20.0. The number of alkyl halides is 5. The zero-order valence-electron chi connectivity index (χ0n) is 13.4. The SMILES string of the molecule is O=C(COC(=O)c1ccccc1SC(F)F)Nc1ccccc1C(F)(F)F. The van der Waals surface area contributed by atoms with Crippen LogP contribution in [0.2, 0.25) is 0 Å². The summed E-state index contributed by atoms with van der Waals surface area (Å²) in [7, 11) is 0. The third-order valence-electron chi connectivity index (χ3n) is 3.16. The van der Waals surface area contributed by atoms with Crippen LogP contribution in [0.1, 0.15) is 15.9 Å². The van der Waals surface area contributed by atoms with Crippen molar-refractivity contribution in [2.24, 2.45) is 0 Å². The van der Waals surface area contributed by atoms with Crippen molar-refractivity contribution in [3.63, 3.8) is 0 Å². The van der Waals surface area contributed by atoms with Crippen molar-refractivity contribution < 1.29 is 36.3 Å². The molecule has 2 aromatic rings. The molecule has 0 atom stereocenters. The average molecular weight is 405 g/mol. The predicted octanol–water partition coefficient (Wildman–Crippen LogP) is 4.82. The van der Waals surface area contributed by atoms with Crippen LogP contribution < -0.4 is 5.32 Å². The fourth-order valence-electron chi connectivity index (χ4n) is 2.07. The number of carbonyl (C=O) groups is 2. The normalized spacial score (nSPS) is 11.3. The van der Waals surface area contributed by atoms with Crippen molar-refractivity contribution in [3.05, 3.63) is 59.7 Å². The maximum absolute atomic E-state index is 12.9. The van der Waals surface area contributed by atoms with E-state index in [0.29, 0.717) is 0 Å². The van der Waals surface area contributed by atoms with Crippen molar-refractivity contribution >= 4 is 29.3 Å². The van der Waals surface area contributed by atoms with Gasteiger partial charge in [-0.05, 0) is 24.3 Å². The molecule has 0 aliphatic rings. The van der Waals surface area contributed by atoms with Gasteiger partial charge in [-0.25, -0.2) is 4.79 Å². The molecular formula is C17H12F5NO3S. The van der Waals surface area contributed by atoms with Gasteiger partial charge >= 0.3 is 12.1 Å². The van der Waals surface area contributed by atoms with Gasteiger partial charge in [-0.15, -0.1) is 0 Å². The van der Waals surface area contributed by atoms with Crippen molar-refractivity contribution in [3.8, 4) is 0 Å². The third kappa shape index (κ3) is 5.95. The average Bonchev–Trinajstić information content (AvgIpc) is 2.59. The van der Waals surface area contributed by atoms with Gasteiger partial charge in [-0.3, -0.25) is 4.79 Å². The number of ether oxygens (including phenoxy) is 1. The lowest BCUT2D eigenvalue weighted by Crippen LogP contribution is -2.23. The van der Waals surface area contributed by atoms with Crippen molar-refractivity contribution in [2.75, 3.05) is 11.9 Å². The third-order valence-corrected chi connectivity index (χ3v) is 3.95. The van der Waals surface area contributed by atoms with Crippen LogP contribution in [0.3, 0.4) is 0 Å². The molecule has 0 bridgehead atoms. The summed E-state index contributed by atoms with van der Waals surface area (Å²) in [6.07, 6.45) is -4.67. The Hall–Kier alpha value is -2.62. The molecule has 1 amide bonds. The Morgan fingerprint density at radius 1 is 1.04 bits per heavy atom. The van der Waals surface area contributed by atoms with Crippen molar-refractivity contribution in [1.82, 2.24) is 0 Å². The van der Waals surface area contributed by atoms with Gasteiger partial charge in [0.1, 0.15) is 0 Å². The van der Waals surface area contributed by atoms with Gasteiger partial charge < -0.3 is 10.1 Å². The molecule has 0 aromatic heterocycles. The molecule has 27 heavy (non-hydrogen) atoms. The van der Waals surface area contributed by atoms with Gasteiger partial charge in [0, 0.05) is 4.90 Å². The number of thioether (sulfide) groups is 1. The van der Waals surface area contributed by atoms with Crippen LogP contribution in [0, 0.1) is 0 Å². The largest absolute Gasteiger partial charge is 0.452 e. The molecule has 0 unspecified atom stereocenters. The Morgan fingerprint density at radius 2 is 1.67 bits per heavy atom. The molecular weight excluding hydrogens is 393 g/mol. The van der Waals surface area contributed by atoms with Gasteiger partial charge in [0.15, 0.2) is 6.61 Å². The maximum atomic E-state index is 12.9. The quantitative estimate of drug-likeness (QED) is 0.426. The minimum absolute atomic E-state index is 0.0414. The van der Waals surface area contributed by atoms with Gasteiger partial charge in [0.05, 0.1) is 16.8 Å². The summed E-state index contributed by atoms with van der Waals surface area (Å²) in [6.45, 7) is -0.876. The van der Waals surface area contributed by atoms with Crippen LogP contribution in [0.25, 0.3) is 0 Å². The Bertz CT molecular complexity index is 826. The molecule has 0 spiro atoms. The van der Waals surface area contributed by atoms with E-state index in [1.165, 1.54) is 30.3 Å². The number of rotatable bonds is 6. The fourth-order valence-corrected chi connectivity index (χ4v) is 2.70. The summed E-state index contributed by atoms with van der Waals surface area (Å²) in [4.78, 5) is 23.8. The summed E-state index contributed by atoms with van der Waals surface area (Å²) in [5, 5.41) is 2.01. The number of amides is 1.